The lowest BCUT2D eigenvalue weighted by molar-refractivity contribution is -0.245. The molecule has 0 bridgehead atoms. The summed E-state index contributed by atoms with van der Waals surface area (Å²) in [5, 5.41) is 11.5. The molecule has 1 unspecified atom stereocenters. The molecule has 1 aliphatic rings. The Labute approximate surface area is 233 Å². The van der Waals surface area contributed by atoms with Gasteiger partial charge in [-0.15, -0.1) is 11.8 Å². The minimum Gasteiger partial charge on any atom is -0.344 e. The molecule has 3 atom stereocenters. The molecule has 9 heteroatoms. The van der Waals surface area contributed by atoms with Gasteiger partial charge in [0, 0.05) is 53.6 Å². The van der Waals surface area contributed by atoms with Crippen molar-refractivity contribution in [2.24, 2.45) is 0 Å². The molecule has 8 nitrogen and oxygen atoms in total. The number of ether oxygens (including phenoxy) is 2. The quantitative estimate of drug-likeness (QED) is 0.101. The van der Waals surface area contributed by atoms with Gasteiger partial charge in [0.1, 0.15) is 0 Å². The summed E-state index contributed by atoms with van der Waals surface area (Å²) < 4.78 is 12.8. The van der Waals surface area contributed by atoms with Gasteiger partial charge in [-0.05, 0) is 42.7 Å². The third-order valence-corrected chi connectivity index (χ3v) is 7.63. The van der Waals surface area contributed by atoms with E-state index >= 15 is 0 Å². The molecule has 1 aromatic heterocycles. The van der Waals surface area contributed by atoms with Crippen molar-refractivity contribution >= 4 is 29.3 Å². The number of hydrogen-bond donors (Lipinski definition) is 3. The zero-order valence-corrected chi connectivity index (χ0v) is 22.6. The van der Waals surface area contributed by atoms with Crippen LogP contribution >= 0.6 is 11.8 Å². The molecule has 1 saturated heterocycles. The Morgan fingerprint density at radius 3 is 2.23 bits per heavy atom. The largest absolute Gasteiger partial charge is 0.344 e. The fourth-order valence-electron chi connectivity index (χ4n) is 4.40. The Morgan fingerprint density at radius 2 is 1.54 bits per heavy atom. The number of thioether (sulfide) groups is 1. The van der Waals surface area contributed by atoms with E-state index in [4.69, 9.17) is 14.7 Å². The van der Waals surface area contributed by atoms with Crippen molar-refractivity contribution < 1.29 is 24.3 Å². The summed E-state index contributed by atoms with van der Waals surface area (Å²) in [4.78, 5) is 28.6. The molecule has 0 spiro atoms. The second-order valence-electron chi connectivity index (χ2n) is 9.47. The maximum Gasteiger partial charge on any atom is 0.243 e. The normalized spacial score (nSPS) is 18.8. The second kappa shape index (κ2) is 15.4. The highest BCUT2D eigenvalue weighted by Gasteiger charge is 2.32. The van der Waals surface area contributed by atoms with Gasteiger partial charge in [-0.3, -0.25) is 19.8 Å². The number of benzene rings is 2. The van der Waals surface area contributed by atoms with E-state index < -0.39 is 6.29 Å². The van der Waals surface area contributed by atoms with E-state index in [2.05, 4.69) is 22.4 Å². The number of carbonyl (C=O) groups is 2. The Kier molecular flexibility index (Phi) is 11.3. The predicted molar refractivity (Wildman–Crippen MR) is 150 cm³/mol. The fraction of sp³-hybridized carbons (Fsp3) is 0.367. The van der Waals surface area contributed by atoms with Gasteiger partial charge < -0.3 is 14.8 Å². The standard InChI is InChI=1S/C30H35N3O5S/c34-28(10-6-1-2-7-11-29(35)33-36)32-24-14-12-23(13-15-24)30-37-25(21-39-26-16-18-31-19-17-26)20-27(38-30)22-8-4-3-5-9-22/h3-5,8-9,12-19,25,27,30,36H,1-2,6-7,10-11,20-21H2,(H,32,34)(H,33,35)/t25-,27+,30?/m0/s1. The zero-order chi connectivity index (χ0) is 27.3. The highest BCUT2D eigenvalue weighted by molar-refractivity contribution is 7.99. The number of nitrogens with zero attached hydrogens (tertiary/aromatic N) is 1. The number of aromatic nitrogens is 1. The summed E-state index contributed by atoms with van der Waals surface area (Å²) in [6.07, 6.45) is 7.60. The Bertz CT molecular complexity index is 1160. The van der Waals surface area contributed by atoms with Crippen molar-refractivity contribution in [3.63, 3.8) is 0 Å². The SMILES string of the molecule is O=C(CCCCCCC(=O)Nc1ccc(C2O[C@H](CSc3ccncc3)C[C@H](c3ccccc3)O2)cc1)NO. The Morgan fingerprint density at radius 1 is 0.846 bits per heavy atom. The van der Waals surface area contributed by atoms with E-state index in [0.717, 1.165) is 53.1 Å². The summed E-state index contributed by atoms with van der Waals surface area (Å²) in [5.74, 6) is 0.379. The third-order valence-electron chi connectivity index (χ3n) is 6.49. The minimum atomic E-state index is -0.510. The molecule has 0 radical (unpaired) electrons. The Balaban J connectivity index is 1.30. The van der Waals surface area contributed by atoms with Crippen LogP contribution in [0.25, 0.3) is 0 Å². The lowest BCUT2D eigenvalue weighted by Gasteiger charge is -2.36. The van der Waals surface area contributed by atoms with Gasteiger partial charge in [-0.1, -0.05) is 55.3 Å². The average molecular weight is 550 g/mol. The highest BCUT2D eigenvalue weighted by atomic mass is 32.2. The topological polar surface area (TPSA) is 110 Å². The van der Waals surface area contributed by atoms with E-state index in [1.807, 2.05) is 54.6 Å². The number of pyridine rings is 1. The van der Waals surface area contributed by atoms with Crippen molar-refractivity contribution in [3.05, 3.63) is 90.3 Å². The number of rotatable bonds is 13. The monoisotopic (exact) mass is 549 g/mol. The molecule has 3 N–H and O–H groups in total. The zero-order valence-electron chi connectivity index (χ0n) is 21.8. The molecule has 4 rings (SSSR count). The lowest BCUT2D eigenvalue weighted by Crippen LogP contribution is -2.31. The van der Waals surface area contributed by atoms with Gasteiger partial charge in [0.25, 0.3) is 0 Å². The molecule has 206 valence electrons. The van der Waals surface area contributed by atoms with E-state index in [1.54, 1.807) is 29.6 Å². The maximum atomic E-state index is 12.4. The van der Waals surface area contributed by atoms with Gasteiger partial charge in [0.05, 0.1) is 12.2 Å². The van der Waals surface area contributed by atoms with Crippen molar-refractivity contribution in [2.75, 3.05) is 11.1 Å². The van der Waals surface area contributed by atoms with Crippen LogP contribution in [0.2, 0.25) is 0 Å². The summed E-state index contributed by atoms with van der Waals surface area (Å²) in [7, 11) is 0. The molecule has 39 heavy (non-hydrogen) atoms. The molecule has 1 fully saturated rings. The van der Waals surface area contributed by atoms with E-state index in [9.17, 15) is 9.59 Å². The first-order valence-corrected chi connectivity index (χ1v) is 14.3. The molecule has 2 aromatic carbocycles. The first-order valence-electron chi connectivity index (χ1n) is 13.3. The van der Waals surface area contributed by atoms with Crippen molar-refractivity contribution in [2.45, 2.75) is 68.3 Å². The average Bonchev–Trinajstić information content (AvgIpc) is 2.99. The maximum absolute atomic E-state index is 12.4. The number of nitrogens with one attached hydrogen (secondary N) is 2. The molecule has 0 aliphatic carbocycles. The van der Waals surface area contributed by atoms with Crippen LogP contribution in [0, 0.1) is 0 Å². The molecule has 2 amide bonds. The minimum absolute atomic E-state index is 0.00419. The lowest BCUT2D eigenvalue weighted by atomic mass is 10.0. The van der Waals surface area contributed by atoms with Crippen molar-refractivity contribution in [3.8, 4) is 0 Å². The van der Waals surface area contributed by atoms with Crippen LogP contribution in [0.4, 0.5) is 5.69 Å². The smallest absolute Gasteiger partial charge is 0.243 e. The summed E-state index contributed by atoms with van der Waals surface area (Å²) in [6, 6.07) is 21.9. The van der Waals surface area contributed by atoms with Crippen molar-refractivity contribution in [1.82, 2.24) is 10.5 Å². The van der Waals surface area contributed by atoms with Crippen LogP contribution in [0.3, 0.4) is 0 Å². The van der Waals surface area contributed by atoms with Crippen LogP contribution in [0.15, 0.2) is 84.0 Å². The molecule has 2 heterocycles. The summed E-state index contributed by atoms with van der Waals surface area (Å²) in [5.41, 5.74) is 4.39. The van der Waals surface area contributed by atoms with Gasteiger partial charge in [-0.2, -0.15) is 0 Å². The molecule has 3 aromatic rings. The predicted octanol–water partition coefficient (Wildman–Crippen LogP) is 6.20. The van der Waals surface area contributed by atoms with E-state index in [1.165, 1.54) is 0 Å². The number of carbonyl (C=O) groups excluding carboxylic acids is 2. The molecule has 0 saturated carbocycles. The van der Waals surface area contributed by atoms with Crippen LogP contribution in [-0.4, -0.2) is 33.9 Å². The molecule has 1 aliphatic heterocycles. The number of anilines is 1. The van der Waals surface area contributed by atoms with Crippen molar-refractivity contribution in [1.29, 1.82) is 0 Å². The van der Waals surface area contributed by atoms with E-state index in [0.29, 0.717) is 19.3 Å². The first kappa shape index (κ1) is 28.8. The highest BCUT2D eigenvalue weighted by Crippen LogP contribution is 2.39. The summed E-state index contributed by atoms with van der Waals surface area (Å²) in [6.45, 7) is 0. The number of hydroxylamine groups is 1. The second-order valence-corrected chi connectivity index (χ2v) is 10.6. The summed E-state index contributed by atoms with van der Waals surface area (Å²) >= 11 is 1.75. The first-order chi connectivity index (χ1) is 19.1. The van der Waals surface area contributed by atoms with Gasteiger partial charge >= 0.3 is 0 Å². The Hall–Kier alpha value is -3.24. The third kappa shape index (κ3) is 9.47. The fourth-order valence-corrected chi connectivity index (χ4v) is 5.31. The van der Waals surface area contributed by atoms with Crippen LogP contribution in [0.5, 0.6) is 0 Å². The van der Waals surface area contributed by atoms with Gasteiger partial charge in [0.15, 0.2) is 6.29 Å². The van der Waals surface area contributed by atoms with Crippen LogP contribution in [0.1, 0.15) is 68.5 Å². The van der Waals surface area contributed by atoms with Gasteiger partial charge in [-0.25, -0.2) is 5.48 Å². The number of unbranched alkanes of at least 4 members (excludes halogenated alkanes) is 3. The van der Waals surface area contributed by atoms with Crippen LogP contribution in [-0.2, 0) is 19.1 Å². The van der Waals surface area contributed by atoms with Gasteiger partial charge in [0.2, 0.25) is 11.8 Å². The number of amides is 2. The number of hydrogen-bond acceptors (Lipinski definition) is 7. The van der Waals surface area contributed by atoms with Crippen LogP contribution < -0.4 is 10.8 Å². The molecular formula is C30H35N3O5S. The van der Waals surface area contributed by atoms with E-state index in [-0.39, 0.29) is 24.0 Å². The molecular weight excluding hydrogens is 514 g/mol.